The fraction of sp³-hybridized carbons (Fsp3) is 0.500. The summed E-state index contributed by atoms with van der Waals surface area (Å²) in [5.74, 6) is 0.745. The number of amides is 1. The maximum absolute atomic E-state index is 12.3. The lowest BCUT2D eigenvalue weighted by Gasteiger charge is -2.27. The zero-order valence-corrected chi connectivity index (χ0v) is 11.9. The summed E-state index contributed by atoms with van der Waals surface area (Å²) >= 11 is 0. The van der Waals surface area contributed by atoms with Crippen LogP contribution in [-0.4, -0.2) is 38.2 Å². The van der Waals surface area contributed by atoms with Crippen LogP contribution in [0.2, 0.25) is 0 Å². The molecule has 110 valence electrons. The van der Waals surface area contributed by atoms with Gasteiger partial charge >= 0.3 is 0 Å². The summed E-state index contributed by atoms with van der Waals surface area (Å²) in [4.78, 5) is 12.3. The lowest BCUT2D eigenvalue weighted by Crippen LogP contribution is -2.45. The first-order chi connectivity index (χ1) is 9.65. The monoisotopic (exact) mass is 279 g/mol. The molecular weight excluding hydrogens is 258 g/mol. The number of carbonyl (C=O) groups is 1. The normalized spacial score (nSPS) is 15.7. The highest BCUT2D eigenvalue weighted by Gasteiger charge is 2.19. The van der Waals surface area contributed by atoms with Crippen molar-refractivity contribution in [2.45, 2.75) is 19.3 Å². The van der Waals surface area contributed by atoms with Crippen LogP contribution in [0, 0.1) is 0 Å². The molecule has 1 aromatic carbocycles. The number of hydrogen-bond donors (Lipinski definition) is 2. The Bertz CT molecular complexity index is 485. The van der Waals surface area contributed by atoms with Crippen molar-refractivity contribution < 1.29 is 14.3 Å². The van der Waals surface area contributed by atoms with Gasteiger partial charge in [0, 0.05) is 19.2 Å². The molecule has 0 spiro atoms. The third kappa shape index (κ3) is 3.14. The van der Waals surface area contributed by atoms with Crippen molar-refractivity contribution in [3.05, 3.63) is 17.7 Å². The Balaban J connectivity index is 2.19. The van der Waals surface area contributed by atoms with Crippen molar-refractivity contribution in [2.24, 2.45) is 0 Å². The largest absolute Gasteiger partial charge is 0.497 e. The van der Waals surface area contributed by atoms with E-state index in [0.29, 0.717) is 22.7 Å². The van der Waals surface area contributed by atoms with E-state index in [9.17, 15) is 4.79 Å². The lowest BCUT2D eigenvalue weighted by molar-refractivity contribution is 0.0750. The molecule has 1 heterocycles. The predicted molar refractivity (Wildman–Crippen MR) is 76.8 cm³/mol. The van der Waals surface area contributed by atoms with E-state index in [4.69, 9.17) is 15.2 Å². The van der Waals surface area contributed by atoms with Crippen LogP contribution in [0.15, 0.2) is 12.1 Å². The highest BCUT2D eigenvalue weighted by Crippen LogP contribution is 2.31. The quantitative estimate of drug-likeness (QED) is 0.815. The number of nitrogen functional groups attached to an aromatic ring is 1. The number of nitrogens with one attached hydrogen (secondary N) is 1. The molecule has 0 saturated carbocycles. The standard InChI is InChI=1S/C14H21N3O3/c1-19-10-8-11(13(15)12(9-10)20-2)14(18)16-17-6-4-3-5-7-17/h8-9H,3-7,15H2,1-2H3,(H,16,18). The first kappa shape index (κ1) is 14.5. The van der Waals surface area contributed by atoms with Crippen LogP contribution in [0.1, 0.15) is 29.6 Å². The Morgan fingerprint density at radius 3 is 2.50 bits per heavy atom. The van der Waals surface area contributed by atoms with Crippen molar-refractivity contribution >= 4 is 11.6 Å². The number of carbonyl (C=O) groups excluding carboxylic acids is 1. The molecule has 20 heavy (non-hydrogen) atoms. The third-order valence-electron chi connectivity index (χ3n) is 3.43. The Labute approximate surface area is 118 Å². The summed E-state index contributed by atoms with van der Waals surface area (Å²) in [5.41, 5.74) is 9.53. The van der Waals surface area contributed by atoms with Crippen LogP contribution in [0.4, 0.5) is 5.69 Å². The molecule has 1 saturated heterocycles. The topological polar surface area (TPSA) is 76.8 Å². The van der Waals surface area contributed by atoms with Gasteiger partial charge in [-0.1, -0.05) is 6.42 Å². The molecule has 6 nitrogen and oxygen atoms in total. The fourth-order valence-corrected chi connectivity index (χ4v) is 2.29. The molecule has 1 aromatic rings. The summed E-state index contributed by atoms with van der Waals surface area (Å²) < 4.78 is 10.3. The number of hydrogen-bond acceptors (Lipinski definition) is 5. The number of rotatable bonds is 4. The van der Waals surface area contributed by atoms with Crippen LogP contribution < -0.4 is 20.6 Å². The Kier molecular flexibility index (Phi) is 4.68. The van der Waals surface area contributed by atoms with E-state index in [1.807, 2.05) is 5.01 Å². The van der Waals surface area contributed by atoms with E-state index in [1.54, 1.807) is 12.1 Å². The molecule has 1 fully saturated rings. The summed E-state index contributed by atoms with van der Waals surface area (Å²) in [7, 11) is 3.05. The van der Waals surface area contributed by atoms with Crippen molar-refractivity contribution in [3.63, 3.8) is 0 Å². The van der Waals surface area contributed by atoms with E-state index >= 15 is 0 Å². The minimum absolute atomic E-state index is 0.235. The van der Waals surface area contributed by atoms with Gasteiger partial charge in [0.25, 0.3) is 5.91 Å². The second kappa shape index (κ2) is 6.47. The lowest BCUT2D eigenvalue weighted by atomic mass is 10.1. The highest BCUT2D eigenvalue weighted by atomic mass is 16.5. The van der Waals surface area contributed by atoms with Crippen LogP contribution in [0.3, 0.4) is 0 Å². The van der Waals surface area contributed by atoms with Crippen molar-refractivity contribution in [1.29, 1.82) is 0 Å². The van der Waals surface area contributed by atoms with Gasteiger partial charge in [0.15, 0.2) is 0 Å². The maximum atomic E-state index is 12.3. The van der Waals surface area contributed by atoms with Gasteiger partial charge in [0.1, 0.15) is 11.5 Å². The number of hydrazine groups is 1. The van der Waals surface area contributed by atoms with Crippen LogP contribution in [0.5, 0.6) is 11.5 Å². The molecule has 0 unspecified atom stereocenters. The smallest absolute Gasteiger partial charge is 0.267 e. The number of nitrogens with two attached hydrogens (primary N) is 1. The van der Waals surface area contributed by atoms with Crippen molar-refractivity contribution in [1.82, 2.24) is 10.4 Å². The summed E-state index contributed by atoms with van der Waals surface area (Å²) in [6, 6.07) is 3.28. The first-order valence-corrected chi connectivity index (χ1v) is 6.73. The molecule has 0 atom stereocenters. The minimum Gasteiger partial charge on any atom is -0.497 e. The molecule has 6 heteroatoms. The third-order valence-corrected chi connectivity index (χ3v) is 3.43. The second-order valence-electron chi connectivity index (χ2n) is 4.78. The van der Waals surface area contributed by atoms with Gasteiger partial charge < -0.3 is 15.2 Å². The van der Waals surface area contributed by atoms with E-state index in [1.165, 1.54) is 20.6 Å². The molecule has 3 N–H and O–H groups in total. The summed E-state index contributed by atoms with van der Waals surface area (Å²) in [6.07, 6.45) is 3.40. The molecule has 1 aliphatic heterocycles. The number of nitrogens with zero attached hydrogens (tertiary/aromatic N) is 1. The van der Waals surface area contributed by atoms with E-state index in [-0.39, 0.29) is 5.91 Å². The SMILES string of the molecule is COc1cc(OC)c(N)c(C(=O)NN2CCCCC2)c1. The van der Waals surface area contributed by atoms with Gasteiger partial charge in [0.2, 0.25) is 0 Å². The van der Waals surface area contributed by atoms with Crippen molar-refractivity contribution in [3.8, 4) is 11.5 Å². The van der Waals surface area contributed by atoms with E-state index in [2.05, 4.69) is 5.43 Å². The summed E-state index contributed by atoms with van der Waals surface area (Å²) in [5, 5.41) is 1.93. The van der Waals surface area contributed by atoms with Gasteiger partial charge in [0.05, 0.1) is 25.5 Å². The molecule has 2 rings (SSSR count). The van der Waals surface area contributed by atoms with Crippen LogP contribution in [-0.2, 0) is 0 Å². The van der Waals surface area contributed by atoms with Crippen molar-refractivity contribution in [2.75, 3.05) is 33.0 Å². The summed E-state index contributed by atoms with van der Waals surface area (Å²) in [6.45, 7) is 1.74. The number of anilines is 1. The number of ether oxygens (including phenoxy) is 2. The van der Waals surface area contributed by atoms with E-state index in [0.717, 1.165) is 25.9 Å². The van der Waals surface area contributed by atoms with E-state index < -0.39 is 0 Å². The Morgan fingerprint density at radius 2 is 1.90 bits per heavy atom. The average molecular weight is 279 g/mol. The van der Waals surface area contributed by atoms with Gasteiger partial charge in [-0.2, -0.15) is 0 Å². The molecule has 0 aliphatic carbocycles. The maximum Gasteiger partial charge on any atom is 0.267 e. The van der Waals surface area contributed by atoms with Crippen LogP contribution >= 0.6 is 0 Å². The number of methoxy groups -OCH3 is 2. The number of piperidine rings is 1. The molecule has 1 aliphatic rings. The number of benzene rings is 1. The van der Waals surface area contributed by atoms with Gasteiger partial charge in [-0.3, -0.25) is 10.2 Å². The zero-order valence-electron chi connectivity index (χ0n) is 11.9. The fourth-order valence-electron chi connectivity index (χ4n) is 2.29. The first-order valence-electron chi connectivity index (χ1n) is 6.73. The van der Waals surface area contributed by atoms with Gasteiger partial charge in [-0.05, 0) is 18.9 Å². The molecular formula is C14H21N3O3. The predicted octanol–water partition coefficient (Wildman–Crippen LogP) is 1.42. The highest BCUT2D eigenvalue weighted by molar-refractivity contribution is 6.00. The van der Waals surface area contributed by atoms with Crippen LogP contribution in [0.25, 0.3) is 0 Å². The Morgan fingerprint density at radius 1 is 1.20 bits per heavy atom. The molecule has 0 aromatic heterocycles. The van der Waals surface area contributed by atoms with Gasteiger partial charge in [-0.25, -0.2) is 5.01 Å². The Hall–Kier alpha value is -1.95. The molecule has 1 amide bonds. The second-order valence-corrected chi connectivity index (χ2v) is 4.78. The molecule has 0 radical (unpaired) electrons. The minimum atomic E-state index is -0.235. The van der Waals surface area contributed by atoms with Gasteiger partial charge in [-0.15, -0.1) is 0 Å². The average Bonchev–Trinajstić information content (AvgIpc) is 2.48. The molecule has 0 bridgehead atoms. The zero-order chi connectivity index (χ0) is 14.5.